The summed E-state index contributed by atoms with van der Waals surface area (Å²) in [6.45, 7) is 1.56. The van der Waals surface area contributed by atoms with Gasteiger partial charge in [-0.25, -0.2) is 8.42 Å². The molecule has 0 aliphatic carbocycles. The Morgan fingerprint density at radius 3 is 2.64 bits per heavy atom. The predicted molar refractivity (Wildman–Crippen MR) is 53.4 cm³/mol. The molecule has 1 aromatic rings. The number of sulfone groups is 1. The third kappa shape index (κ3) is 2.55. The Morgan fingerprint density at radius 2 is 2.14 bits per heavy atom. The highest BCUT2D eigenvalue weighted by Crippen LogP contribution is 2.22. The maximum atomic E-state index is 11.4. The zero-order valence-corrected chi connectivity index (χ0v) is 9.19. The van der Waals surface area contributed by atoms with Crippen molar-refractivity contribution < 1.29 is 18.3 Å². The molecular formula is C8H10O4S2. The SMILES string of the molecule is CCS(=O)(=O)c1ccc(CC(=O)O)s1. The van der Waals surface area contributed by atoms with Crippen LogP contribution < -0.4 is 0 Å². The maximum absolute atomic E-state index is 11.4. The van der Waals surface area contributed by atoms with Crippen LogP contribution in [0.4, 0.5) is 0 Å². The van der Waals surface area contributed by atoms with E-state index in [0.717, 1.165) is 11.3 Å². The molecule has 0 aromatic carbocycles. The number of hydrogen-bond donors (Lipinski definition) is 1. The van der Waals surface area contributed by atoms with Crippen LogP contribution in [0, 0.1) is 0 Å². The first-order valence-corrected chi connectivity index (χ1v) is 6.46. The van der Waals surface area contributed by atoms with Crippen molar-refractivity contribution in [1.82, 2.24) is 0 Å². The van der Waals surface area contributed by atoms with E-state index < -0.39 is 15.8 Å². The van der Waals surface area contributed by atoms with Crippen molar-refractivity contribution in [2.75, 3.05) is 5.75 Å². The summed E-state index contributed by atoms with van der Waals surface area (Å²) in [4.78, 5) is 10.9. The van der Waals surface area contributed by atoms with Crippen LogP contribution in [-0.4, -0.2) is 25.2 Å². The van der Waals surface area contributed by atoms with Gasteiger partial charge in [-0.1, -0.05) is 6.92 Å². The van der Waals surface area contributed by atoms with E-state index >= 15 is 0 Å². The molecule has 0 saturated heterocycles. The molecule has 1 heterocycles. The molecule has 78 valence electrons. The molecule has 0 aliphatic rings. The highest BCUT2D eigenvalue weighted by atomic mass is 32.2. The second-order valence-electron chi connectivity index (χ2n) is 2.69. The Balaban J connectivity index is 2.94. The molecule has 1 rings (SSSR count). The van der Waals surface area contributed by atoms with Crippen molar-refractivity contribution in [2.24, 2.45) is 0 Å². The third-order valence-corrected chi connectivity index (χ3v) is 5.05. The van der Waals surface area contributed by atoms with Crippen molar-refractivity contribution in [3.8, 4) is 0 Å². The van der Waals surface area contributed by atoms with E-state index in [1.165, 1.54) is 6.07 Å². The molecule has 1 N–H and O–H groups in total. The number of carboxylic acids is 1. The van der Waals surface area contributed by atoms with Crippen molar-refractivity contribution in [3.05, 3.63) is 17.0 Å². The number of carboxylic acid groups (broad SMARTS) is 1. The summed E-state index contributed by atoms with van der Waals surface area (Å²) in [5, 5.41) is 8.49. The lowest BCUT2D eigenvalue weighted by Crippen LogP contribution is -2.00. The molecule has 0 aliphatic heterocycles. The first kappa shape index (κ1) is 11.2. The van der Waals surface area contributed by atoms with E-state index in [4.69, 9.17) is 5.11 Å². The van der Waals surface area contributed by atoms with Crippen LogP contribution in [0.1, 0.15) is 11.8 Å². The second-order valence-corrected chi connectivity index (χ2v) is 6.37. The summed E-state index contributed by atoms with van der Waals surface area (Å²) in [6.07, 6.45) is -0.121. The van der Waals surface area contributed by atoms with Gasteiger partial charge in [-0.3, -0.25) is 4.79 Å². The maximum Gasteiger partial charge on any atom is 0.308 e. The largest absolute Gasteiger partial charge is 0.481 e. The van der Waals surface area contributed by atoms with Gasteiger partial charge in [0.05, 0.1) is 12.2 Å². The Bertz CT molecular complexity index is 430. The molecule has 0 unspecified atom stereocenters. The van der Waals surface area contributed by atoms with Gasteiger partial charge in [0.25, 0.3) is 0 Å². The molecule has 0 spiro atoms. The normalized spacial score (nSPS) is 11.5. The molecular weight excluding hydrogens is 224 g/mol. The number of rotatable bonds is 4. The lowest BCUT2D eigenvalue weighted by Gasteiger charge is -1.94. The fraction of sp³-hybridized carbons (Fsp3) is 0.375. The van der Waals surface area contributed by atoms with Crippen molar-refractivity contribution in [2.45, 2.75) is 17.6 Å². The average molecular weight is 234 g/mol. The van der Waals surface area contributed by atoms with Crippen LogP contribution >= 0.6 is 11.3 Å². The van der Waals surface area contributed by atoms with E-state index in [0.29, 0.717) is 4.88 Å². The van der Waals surface area contributed by atoms with E-state index in [1.807, 2.05) is 0 Å². The average Bonchev–Trinajstić information content (AvgIpc) is 2.52. The van der Waals surface area contributed by atoms with Crippen LogP contribution in [0.15, 0.2) is 16.3 Å². The van der Waals surface area contributed by atoms with E-state index in [9.17, 15) is 13.2 Å². The molecule has 0 atom stereocenters. The molecule has 4 nitrogen and oxygen atoms in total. The number of carbonyl (C=O) groups is 1. The van der Waals surface area contributed by atoms with Gasteiger partial charge in [0.2, 0.25) is 0 Å². The Labute approximate surface area is 86.1 Å². The standard InChI is InChI=1S/C8H10O4S2/c1-2-14(11,12)8-4-3-6(13-8)5-7(9)10/h3-4H,2,5H2,1H3,(H,9,10). The Hall–Kier alpha value is -0.880. The van der Waals surface area contributed by atoms with Gasteiger partial charge in [-0.05, 0) is 12.1 Å². The molecule has 14 heavy (non-hydrogen) atoms. The minimum Gasteiger partial charge on any atom is -0.481 e. The quantitative estimate of drug-likeness (QED) is 0.848. The number of thiophene rings is 1. The van der Waals surface area contributed by atoms with Gasteiger partial charge in [0.15, 0.2) is 9.84 Å². The summed E-state index contributed by atoms with van der Waals surface area (Å²) in [5.74, 6) is -0.910. The van der Waals surface area contributed by atoms with Crippen LogP contribution in [0.3, 0.4) is 0 Å². The Morgan fingerprint density at radius 1 is 1.50 bits per heavy atom. The van der Waals surface area contributed by atoms with Gasteiger partial charge < -0.3 is 5.11 Å². The van der Waals surface area contributed by atoms with Crippen LogP contribution in [-0.2, 0) is 21.1 Å². The molecule has 1 aromatic heterocycles. The van der Waals surface area contributed by atoms with Gasteiger partial charge in [-0.15, -0.1) is 11.3 Å². The number of hydrogen-bond acceptors (Lipinski definition) is 4. The highest BCUT2D eigenvalue weighted by Gasteiger charge is 2.15. The number of aliphatic carboxylic acids is 1. The summed E-state index contributed by atoms with van der Waals surface area (Å²) in [7, 11) is -3.19. The zero-order valence-electron chi connectivity index (χ0n) is 7.56. The van der Waals surface area contributed by atoms with E-state index in [2.05, 4.69) is 0 Å². The highest BCUT2D eigenvalue weighted by molar-refractivity contribution is 7.93. The van der Waals surface area contributed by atoms with Crippen molar-refractivity contribution >= 4 is 27.1 Å². The topological polar surface area (TPSA) is 71.4 Å². The first-order chi connectivity index (χ1) is 6.45. The van der Waals surface area contributed by atoms with Gasteiger partial charge in [0, 0.05) is 4.88 Å². The third-order valence-electron chi connectivity index (χ3n) is 1.65. The summed E-state index contributed by atoms with van der Waals surface area (Å²) in [5.41, 5.74) is 0. The molecule has 6 heteroatoms. The lowest BCUT2D eigenvalue weighted by molar-refractivity contribution is -0.136. The van der Waals surface area contributed by atoms with Crippen molar-refractivity contribution in [1.29, 1.82) is 0 Å². The van der Waals surface area contributed by atoms with Gasteiger partial charge in [0.1, 0.15) is 4.21 Å². The molecule has 0 fully saturated rings. The summed E-state index contributed by atoms with van der Waals surface area (Å²) < 4.78 is 23.0. The molecule has 0 saturated carbocycles. The summed E-state index contributed by atoms with van der Waals surface area (Å²) in [6, 6.07) is 3.00. The smallest absolute Gasteiger partial charge is 0.308 e. The predicted octanol–water partition coefficient (Wildman–Crippen LogP) is 1.17. The minimum atomic E-state index is -3.19. The fourth-order valence-corrected chi connectivity index (χ4v) is 3.38. The Kier molecular flexibility index (Phi) is 3.28. The van der Waals surface area contributed by atoms with E-state index in [1.54, 1.807) is 13.0 Å². The monoisotopic (exact) mass is 234 g/mol. The molecule has 0 bridgehead atoms. The van der Waals surface area contributed by atoms with Crippen molar-refractivity contribution in [3.63, 3.8) is 0 Å². The summed E-state index contributed by atoms with van der Waals surface area (Å²) >= 11 is 1.02. The van der Waals surface area contributed by atoms with Crippen LogP contribution in [0.2, 0.25) is 0 Å². The first-order valence-electron chi connectivity index (χ1n) is 3.99. The van der Waals surface area contributed by atoms with Gasteiger partial charge >= 0.3 is 5.97 Å². The molecule has 0 amide bonds. The minimum absolute atomic E-state index is 0.0417. The second kappa shape index (κ2) is 4.10. The van der Waals surface area contributed by atoms with E-state index in [-0.39, 0.29) is 16.4 Å². The van der Waals surface area contributed by atoms with Crippen LogP contribution in [0.5, 0.6) is 0 Å². The molecule has 0 radical (unpaired) electrons. The van der Waals surface area contributed by atoms with Crippen LogP contribution in [0.25, 0.3) is 0 Å². The fourth-order valence-electron chi connectivity index (χ4n) is 0.912. The zero-order chi connectivity index (χ0) is 10.8. The lowest BCUT2D eigenvalue weighted by atomic mass is 10.3. The van der Waals surface area contributed by atoms with Gasteiger partial charge in [-0.2, -0.15) is 0 Å².